The summed E-state index contributed by atoms with van der Waals surface area (Å²) in [4.78, 5) is 41.0. The molecule has 43 heavy (non-hydrogen) atoms. The van der Waals surface area contributed by atoms with Gasteiger partial charge in [-0.1, -0.05) is 18.2 Å². The van der Waals surface area contributed by atoms with Crippen LogP contribution in [0.4, 0.5) is 0 Å². The minimum atomic E-state index is -0.498. The molecule has 0 radical (unpaired) electrons. The molecule has 0 aliphatic carbocycles. The van der Waals surface area contributed by atoms with Crippen molar-refractivity contribution in [1.82, 2.24) is 29.7 Å². The summed E-state index contributed by atoms with van der Waals surface area (Å²) < 4.78 is 21.2. The first-order chi connectivity index (χ1) is 20.9. The van der Waals surface area contributed by atoms with E-state index in [9.17, 15) is 14.4 Å². The van der Waals surface area contributed by atoms with Crippen molar-refractivity contribution in [3.63, 3.8) is 0 Å². The van der Waals surface area contributed by atoms with Gasteiger partial charge in [-0.15, -0.1) is 0 Å². The molecule has 0 unspecified atom stereocenters. The second-order valence-electron chi connectivity index (χ2n) is 10.8. The Labute approximate surface area is 248 Å². The number of carbonyl (C=O) groups is 3. The number of aryl methyl sites for hydroxylation is 2. The molecule has 0 saturated carbocycles. The summed E-state index contributed by atoms with van der Waals surface area (Å²) in [5.74, 6) is 0.957. The third-order valence-electron chi connectivity index (χ3n) is 7.88. The number of carbonyl (C=O) groups excluding carboxylic acids is 3. The zero-order chi connectivity index (χ0) is 29.9. The summed E-state index contributed by atoms with van der Waals surface area (Å²) in [6.45, 7) is 0.843. The number of aromatic nitrogens is 3. The van der Waals surface area contributed by atoms with Crippen LogP contribution in [-0.4, -0.2) is 75.8 Å². The van der Waals surface area contributed by atoms with Gasteiger partial charge in [0.05, 0.1) is 19.3 Å². The molecule has 2 atom stereocenters. The lowest BCUT2D eigenvalue weighted by atomic mass is 10.0. The molecule has 3 amide bonds. The third-order valence-corrected chi connectivity index (χ3v) is 7.88. The number of likely N-dealkylation sites (tertiary alicyclic amines) is 1. The molecular formula is C31H34N6O6. The molecule has 2 aromatic heterocycles. The average molecular weight is 587 g/mol. The molecule has 12 nitrogen and oxygen atoms in total. The van der Waals surface area contributed by atoms with E-state index >= 15 is 0 Å². The Hall–Kier alpha value is -5.00. The van der Waals surface area contributed by atoms with E-state index in [0.29, 0.717) is 60.8 Å². The largest absolute Gasteiger partial charge is 0.493 e. The van der Waals surface area contributed by atoms with Crippen molar-refractivity contribution in [2.24, 2.45) is 7.05 Å². The first-order valence-corrected chi connectivity index (χ1v) is 14.3. The van der Waals surface area contributed by atoms with Crippen LogP contribution >= 0.6 is 0 Å². The van der Waals surface area contributed by atoms with Gasteiger partial charge in [0.2, 0.25) is 5.91 Å². The predicted octanol–water partition coefficient (Wildman–Crippen LogP) is 2.10. The van der Waals surface area contributed by atoms with E-state index < -0.39 is 6.04 Å². The maximum absolute atomic E-state index is 13.6. The number of benzene rings is 2. The van der Waals surface area contributed by atoms with Gasteiger partial charge in [0, 0.05) is 51.9 Å². The highest BCUT2D eigenvalue weighted by Crippen LogP contribution is 2.29. The van der Waals surface area contributed by atoms with Gasteiger partial charge in [0.1, 0.15) is 23.1 Å². The van der Waals surface area contributed by atoms with E-state index in [1.165, 1.54) is 7.11 Å². The fourth-order valence-electron chi connectivity index (χ4n) is 5.55. The summed E-state index contributed by atoms with van der Waals surface area (Å²) in [6, 6.07) is 12.4. The van der Waals surface area contributed by atoms with Crippen LogP contribution in [0.3, 0.4) is 0 Å². The molecule has 224 valence electrons. The van der Waals surface area contributed by atoms with E-state index in [-0.39, 0.29) is 37.0 Å². The highest BCUT2D eigenvalue weighted by atomic mass is 16.5. The van der Waals surface area contributed by atoms with Crippen LogP contribution in [0.25, 0.3) is 5.65 Å². The smallest absolute Gasteiger partial charge is 0.259 e. The lowest BCUT2D eigenvalue weighted by Crippen LogP contribution is -2.58. The summed E-state index contributed by atoms with van der Waals surface area (Å²) >= 11 is 0. The van der Waals surface area contributed by atoms with Crippen LogP contribution in [0.15, 0.2) is 61.1 Å². The number of rotatable bonds is 2. The number of ether oxygens (including phenoxy) is 3. The lowest BCUT2D eigenvalue weighted by Gasteiger charge is -2.38. The van der Waals surface area contributed by atoms with Gasteiger partial charge in [-0.05, 0) is 41.8 Å². The van der Waals surface area contributed by atoms with Crippen molar-refractivity contribution in [2.45, 2.75) is 38.0 Å². The third kappa shape index (κ3) is 6.13. The van der Waals surface area contributed by atoms with Gasteiger partial charge in [-0.3, -0.25) is 14.4 Å². The van der Waals surface area contributed by atoms with Crippen molar-refractivity contribution >= 4 is 23.4 Å². The van der Waals surface area contributed by atoms with Crippen LogP contribution in [0.2, 0.25) is 0 Å². The Morgan fingerprint density at radius 2 is 1.86 bits per heavy atom. The lowest BCUT2D eigenvalue weighted by molar-refractivity contribution is -0.125. The number of methoxy groups -OCH3 is 1. The molecule has 0 spiro atoms. The van der Waals surface area contributed by atoms with Crippen LogP contribution in [0.5, 0.6) is 17.2 Å². The standard InChI is InChI=1S/C31H34N6O6/c1-35-13-14-37-30(35)23(17-33-37)31(40)36-12-11-25-24(18-36)34-29(39)19-42-26-9-5-20(15-27(26)41-2)6-10-28(38)32-16-21-3-7-22(43-25)8-4-21/h3-5,7-9,13-15,17,24-25H,6,10-12,16,18-19H2,1-2H3,(H,32,38)(H,34,39)/t24-,25-/m1/s1. The normalized spacial score (nSPS) is 19.6. The van der Waals surface area contributed by atoms with Crippen molar-refractivity contribution < 1.29 is 28.6 Å². The molecule has 1 saturated heterocycles. The van der Waals surface area contributed by atoms with Crippen molar-refractivity contribution in [3.05, 3.63) is 77.7 Å². The highest BCUT2D eigenvalue weighted by Gasteiger charge is 2.35. The molecule has 9 rings (SSSR count). The second kappa shape index (κ2) is 12.1. The highest BCUT2D eigenvalue weighted by molar-refractivity contribution is 6.00. The fraction of sp³-hybridized carbons (Fsp3) is 0.355. The summed E-state index contributed by atoms with van der Waals surface area (Å²) in [7, 11) is 3.40. The van der Waals surface area contributed by atoms with Crippen molar-refractivity contribution in [3.8, 4) is 17.2 Å². The first-order valence-electron chi connectivity index (χ1n) is 14.3. The Morgan fingerprint density at radius 1 is 1.05 bits per heavy atom. The SMILES string of the molecule is COc1cc2ccc1OCC(=O)N[C@@H]1CN(C(=O)c3cnn4ccn(C)c34)CC[C@H]1Oc1ccc(cc1)CNC(=O)CC2. The Bertz CT molecular complexity index is 1640. The first kappa shape index (κ1) is 28.1. The molecule has 2 N–H and O–H groups in total. The second-order valence-corrected chi connectivity index (χ2v) is 10.8. The Morgan fingerprint density at radius 3 is 2.67 bits per heavy atom. The maximum Gasteiger partial charge on any atom is 0.259 e. The number of fused-ring (bicyclic) bond motifs is 1. The molecule has 4 aromatic rings. The zero-order valence-corrected chi connectivity index (χ0v) is 24.1. The number of nitrogens with one attached hydrogen (secondary N) is 2. The van der Waals surface area contributed by atoms with Gasteiger partial charge in [-0.2, -0.15) is 5.10 Å². The van der Waals surface area contributed by atoms with Crippen LogP contribution < -0.4 is 24.8 Å². The average Bonchev–Trinajstić information content (AvgIpc) is 3.61. The number of piperidine rings is 1. The van der Waals surface area contributed by atoms with Gasteiger partial charge >= 0.3 is 0 Å². The number of nitrogens with zero attached hydrogens (tertiary/aromatic N) is 4. The molecule has 2 aromatic carbocycles. The predicted molar refractivity (Wildman–Crippen MR) is 156 cm³/mol. The molecule has 4 bridgehead atoms. The van der Waals surface area contributed by atoms with Gasteiger partial charge in [0.25, 0.3) is 11.8 Å². The summed E-state index contributed by atoms with van der Waals surface area (Å²) in [5, 5.41) is 10.3. The number of hydrogen-bond donors (Lipinski definition) is 2. The van der Waals surface area contributed by atoms with Gasteiger partial charge in [0.15, 0.2) is 18.1 Å². The Balaban J connectivity index is 1.24. The summed E-state index contributed by atoms with van der Waals surface area (Å²) in [5.41, 5.74) is 3.05. The van der Waals surface area contributed by atoms with E-state index in [2.05, 4.69) is 15.7 Å². The maximum atomic E-state index is 13.6. The van der Waals surface area contributed by atoms with Gasteiger partial charge < -0.3 is 34.3 Å². The van der Waals surface area contributed by atoms with Crippen LogP contribution in [0.1, 0.15) is 34.3 Å². The zero-order valence-electron chi connectivity index (χ0n) is 24.1. The van der Waals surface area contributed by atoms with Crippen molar-refractivity contribution in [2.75, 3.05) is 26.8 Å². The Kier molecular flexibility index (Phi) is 7.91. The van der Waals surface area contributed by atoms with Crippen molar-refractivity contribution in [1.29, 1.82) is 0 Å². The minimum absolute atomic E-state index is 0.0566. The summed E-state index contributed by atoms with van der Waals surface area (Å²) in [6.07, 6.45) is 6.18. The number of imidazole rings is 1. The molecule has 5 aliphatic rings. The minimum Gasteiger partial charge on any atom is -0.493 e. The molecule has 5 aliphatic heterocycles. The molecule has 7 heterocycles. The monoisotopic (exact) mass is 586 g/mol. The fourth-order valence-corrected chi connectivity index (χ4v) is 5.55. The molecule has 1 fully saturated rings. The van der Waals surface area contributed by atoms with Gasteiger partial charge in [-0.25, -0.2) is 4.52 Å². The van der Waals surface area contributed by atoms with Crippen LogP contribution in [-0.2, 0) is 29.6 Å². The van der Waals surface area contributed by atoms with Crippen LogP contribution in [0, 0.1) is 0 Å². The number of hydrogen-bond acceptors (Lipinski definition) is 7. The molecule has 12 heteroatoms. The van der Waals surface area contributed by atoms with E-state index in [4.69, 9.17) is 14.2 Å². The molecular weight excluding hydrogens is 552 g/mol. The quantitative estimate of drug-likeness (QED) is 0.368. The van der Waals surface area contributed by atoms with E-state index in [1.54, 1.807) is 27.9 Å². The topological polar surface area (TPSA) is 128 Å². The number of amides is 3. The van der Waals surface area contributed by atoms with E-state index in [0.717, 1.165) is 11.1 Å². The van der Waals surface area contributed by atoms with E-state index in [1.807, 2.05) is 54.2 Å².